The molecule has 0 spiro atoms. The van der Waals surface area contributed by atoms with Crippen molar-refractivity contribution in [3.63, 3.8) is 0 Å². The molecule has 11 aromatic rings. The van der Waals surface area contributed by atoms with Crippen LogP contribution < -0.4 is 16.0 Å². The molecule has 626 valence electrons. The fourth-order valence-corrected chi connectivity index (χ4v) is 16.9. The summed E-state index contributed by atoms with van der Waals surface area (Å²) in [4.78, 5) is 45.4. The molecule has 0 radical (unpaired) electrons. The summed E-state index contributed by atoms with van der Waals surface area (Å²) in [6, 6.07) is 81.0. The molecule has 3 heterocycles. The van der Waals surface area contributed by atoms with Crippen LogP contribution in [0.15, 0.2) is 249 Å². The Morgan fingerprint density at radius 2 is 0.770 bits per heavy atom. The molecule has 3 saturated heterocycles. The molecule has 0 unspecified atom stereocenters. The second-order valence-electron chi connectivity index (χ2n) is 30.0. The van der Waals surface area contributed by atoms with Crippen LogP contribution in [0.25, 0.3) is 33.4 Å². The van der Waals surface area contributed by atoms with Gasteiger partial charge < -0.3 is 45.1 Å². The van der Waals surface area contributed by atoms with Gasteiger partial charge in [-0.1, -0.05) is 209 Å². The smallest absolute Gasteiger partial charge is 0.395 e. The summed E-state index contributed by atoms with van der Waals surface area (Å²) >= 11 is 36.2. The molecule has 26 heteroatoms. The van der Waals surface area contributed by atoms with Gasteiger partial charge in [-0.3, -0.25) is 19.3 Å². The minimum atomic E-state index is -4.64. The summed E-state index contributed by atoms with van der Waals surface area (Å²) in [6.07, 6.45) is 0.234. The van der Waals surface area contributed by atoms with Crippen LogP contribution in [0.2, 0.25) is 30.1 Å². The van der Waals surface area contributed by atoms with Gasteiger partial charge in [0.2, 0.25) is 17.7 Å². The van der Waals surface area contributed by atoms with Crippen molar-refractivity contribution < 1.29 is 51.3 Å². The average Bonchev–Trinajstić information content (AvgIpc) is 0.797. The first-order valence-electron chi connectivity index (χ1n) is 39.5. The van der Waals surface area contributed by atoms with E-state index in [9.17, 15) is 52.8 Å². The third-order valence-corrected chi connectivity index (χ3v) is 23.3. The number of rotatable bonds is 25. The Labute approximate surface area is 736 Å². The molecule has 14 rings (SSSR count). The topological polar surface area (TPSA) is 216 Å². The summed E-state index contributed by atoms with van der Waals surface area (Å²) in [6.45, 7) is 6.10. The van der Waals surface area contributed by atoms with E-state index in [1.165, 1.54) is 29.8 Å². The highest BCUT2D eigenvalue weighted by atomic mass is 35.5. The molecule has 4 N–H and O–H groups in total. The lowest BCUT2D eigenvalue weighted by Gasteiger charge is -2.42. The van der Waals surface area contributed by atoms with Crippen molar-refractivity contribution in [2.24, 2.45) is 0 Å². The Bertz CT molecular complexity index is 5560. The Balaban J connectivity index is 0.000000168. The first-order chi connectivity index (χ1) is 58.8. The van der Waals surface area contributed by atoms with E-state index >= 15 is 0 Å². The van der Waals surface area contributed by atoms with Gasteiger partial charge in [0.05, 0.1) is 73.9 Å². The van der Waals surface area contributed by atoms with E-state index in [1.54, 1.807) is 42.5 Å². The van der Waals surface area contributed by atoms with Crippen molar-refractivity contribution in [1.29, 1.82) is 15.8 Å². The molecule has 11 aromatic carbocycles. The molecular formula is C96H85Cl6F4N9O7. The number of ether oxygens (including phenoxy) is 3. The summed E-state index contributed by atoms with van der Waals surface area (Å²) in [5, 5.41) is 46.7. The van der Waals surface area contributed by atoms with E-state index in [2.05, 4.69) is 73.1 Å². The largest absolute Gasteiger partial charge is 0.417 e. The number of alkyl halides is 3. The normalized spacial score (nSPS) is 15.0. The number of hydrogen-bond donors (Lipinski definition) is 4. The van der Waals surface area contributed by atoms with E-state index < -0.39 is 45.3 Å². The van der Waals surface area contributed by atoms with Crippen molar-refractivity contribution in [2.75, 3.05) is 94.7 Å². The highest BCUT2D eigenvalue weighted by Crippen LogP contribution is 2.43. The number of aliphatic hydroxyl groups excluding tert-OH is 1. The van der Waals surface area contributed by atoms with Crippen molar-refractivity contribution in [2.45, 2.75) is 74.5 Å². The van der Waals surface area contributed by atoms with Crippen LogP contribution in [-0.4, -0.2) is 116 Å². The van der Waals surface area contributed by atoms with Crippen molar-refractivity contribution in [1.82, 2.24) is 14.7 Å². The maximum atomic E-state index is 13.4. The fraction of sp³-hybridized carbons (Fsp3) is 0.250. The lowest BCUT2D eigenvalue weighted by Crippen LogP contribution is -2.46. The molecule has 0 aromatic heterocycles. The average molecular weight is 1770 g/mol. The van der Waals surface area contributed by atoms with Gasteiger partial charge in [-0.05, 0) is 215 Å². The number of likely N-dealkylation sites (tertiary alicyclic amines) is 3. The molecule has 3 fully saturated rings. The molecule has 0 bridgehead atoms. The van der Waals surface area contributed by atoms with E-state index in [0.29, 0.717) is 99.8 Å². The maximum absolute atomic E-state index is 13.4. The zero-order valence-corrected chi connectivity index (χ0v) is 70.7. The molecule has 16 nitrogen and oxygen atoms in total. The van der Waals surface area contributed by atoms with Crippen LogP contribution in [0.1, 0.15) is 88.6 Å². The third-order valence-electron chi connectivity index (χ3n) is 21.8. The monoisotopic (exact) mass is 1760 g/mol. The second-order valence-corrected chi connectivity index (χ2v) is 32.5. The van der Waals surface area contributed by atoms with Crippen molar-refractivity contribution in [3.8, 4) is 51.6 Å². The van der Waals surface area contributed by atoms with Crippen LogP contribution in [0.4, 0.5) is 34.6 Å². The van der Waals surface area contributed by atoms with Gasteiger partial charge in [-0.2, -0.15) is 29.0 Å². The standard InChI is InChI=1S/C35H31ClF3N3O2.C33H27Cl4N3O2.C28H27ClFN3O3/c36-32-14-13-30(22-31(32)35(37,38)39)41-33(43)24-44-34(16-19-42(20-17-34)18-15-25-5-2-1-3-6-25)29-11-9-27(10-12-29)28-8-4-7-26(21-28)23-40;34-27-13-23(14-28(35)15-27)20-40-10-8-33(9-11-40,42-21-32(41)39-31-17-29(36)16-30(37)18-31)26-6-4-24(5-7-26)25-3-1-2-22(12-25)19-38;29-25-17-24(8-9-26(25)30)32-27(35)19-36-28(10-12-33(13-11-28)14-15-34)23-6-4-21(5-7-23)22-3-1-2-20(16-22)18-31/h1-14,21-22H,15-20,24H2,(H,41,43);1-7,12-18H,8-11,20-21H2,(H,39,41);1-9,16-17,34H,10-15,19H2,(H,32,35). The van der Waals surface area contributed by atoms with Crippen LogP contribution in [0.5, 0.6) is 0 Å². The lowest BCUT2D eigenvalue weighted by molar-refractivity contribution is -0.137. The van der Waals surface area contributed by atoms with Gasteiger partial charge in [0.25, 0.3) is 0 Å². The van der Waals surface area contributed by atoms with Gasteiger partial charge in [0.15, 0.2) is 0 Å². The van der Waals surface area contributed by atoms with Gasteiger partial charge in [0, 0.05) is 96.1 Å². The summed E-state index contributed by atoms with van der Waals surface area (Å²) in [5.74, 6) is -1.77. The van der Waals surface area contributed by atoms with Gasteiger partial charge in [0.1, 0.15) is 25.6 Å². The van der Waals surface area contributed by atoms with Crippen LogP contribution in [-0.2, 0) is 64.5 Å². The lowest BCUT2D eigenvalue weighted by atomic mass is 9.83. The molecular weight excluding hydrogens is 1680 g/mol. The Morgan fingerprint density at radius 1 is 0.393 bits per heavy atom. The van der Waals surface area contributed by atoms with E-state index in [0.717, 1.165) is 120 Å². The summed E-state index contributed by atoms with van der Waals surface area (Å²) in [7, 11) is 0. The predicted molar refractivity (Wildman–Crippen MR) is 472 cm³/mol. The molecule has 0 aliphatic carbocycles. The van der Waals surface area contributed by atoms with E-state index in [1.807, 2.05) is 146 Å². The van der Waals surface area contributed by atoms with E-state index in [-0.39, 0.29) is 49.0 Å². The van der Waals surface area contributed by atoms with Crippen molar-refractivity contribution in [3.05, 3.63) is 335 Å². The zero-order chi connectivity index (χ0) is 86.4. The number of aliphatic hydroxyl groups is 1. The Hall–Kier alpha value is -10.5. The number of amides is 3. The molecule has 0 saturated carbocycles. The van der Waals surface area contributed by atoms with Gasteiger partial charge >= 0.3 is 6.18 Å². The van der Waals surface area contributed by atoms with Crippen LogP contribution in [0, 0.1) is 39.8 Å². The number of nitriles is 3. The minimum Gasteiger partial charge on any atom is -0.395 e. The number of carbonyl (C=O) groups excluding carboxylic acids is 3. The minimum absolute atomic E-state index is 0.0101. The van der Waals surface area contributed by atoms with Gasteiger partial charge in [-0.25, -0.2) is 4.39 Å². The Kier molecular flexibility index (Phi) is 31.6. The SMILES string of the molecule is N#Cc1cccc(-c2ccc(C3(OCC(=O)Nc4cc(Cl)cc(Cl)c4)CCN(Cc4cc(Cl)cc(Cl)c4)CC3)cc2)c1.N#Cc1cccc(-c2ccc(C3(OCC(=O)Nc4ccc(Cl)c(C(F)(F)F)c4)CCN(CCc4ccccc4)CC3)cc2)c1.N#Cc1cccc(-c2ccc(C3(OCC(=O)Nc4ccc(F)c(Cl)c4)CCN(CCO)CC3)cc2)c1. The zero-order valence-electron chi connectivity index (χ0n) is 66.2. The number of nitrogens with one attached hydrogen (secondary N) is 3. The number of hydrogen-bond acceptors (Lipinski definition) is 13. The number of piperidine rings is 3. The van der Waals surface area contributed by atoms with Gasteiger partial charge in [-0.15, -0.1) is 0 Å². The number of β-amino-alcohol motifs (C(OH)–C–C–N with tert-alkyl or cyclic N) is 1. The molecule has 3 amide bonds. The van der Waals surface area contributed by atoms with Crippen LogP contribution in [0.3, 0.4) is 0 Å². The molecule has 3 aliphatic rings. The molecule has 0 atom stereocenters. The summed E-state index contributed by atoms with van der Waals surface area (Å²) in [5.41, 5.74) is 10.5. The van der Waals surface area contributed by atoms with Crippen molar-refractivity contribution >= 4 is 104 Å². The third kappa shape index (κ3) is 24.9. The number of benzene rings is 11. The summed E-state index contributed by atoms with van der Waals surface area (Å²) < 4.78 is 72.5. The number of anilines is 3. The van der Waals surface area contributed by atoms with E-state index in [4.69, 9.17) is 83.8 Å². The molecule has 3 aliphatic heterocycles. The number of halogens is 10. The van der Waals surface area contributed by atoms with Crippen LogP contribution >= 0.6 is 69.6 Å². The number of carbonyl (C=O) groups is 3. The highest BCUT2D eigenvalue weighted by molar-refractivity contribution is 6.35. The fourth-order valence-electron chi connectivity index (χ4n) is 15.4. The molecule has 122 heavy (non-hydrogen) atoms. The first kappa shape index (κ1) is 90.7. The first-order valence-corrected chi connectivity index (χ1v) is 41.7. The second kappa shape index (κ2) is 42.5. The predicted octanol–water partition coefficient (Wildman–Crippen LogP) is 22.0. The Morgan fingerprint density at radius 3 is 1.16 bits per heavy atom. The maximum Gasteiger partial charge on any atom is 0.417 e. The number of nitrogens with zero attached hydrogens (tertiary/aromatic N) is 6. The quantitative estimate of drug-likeness (QED) is 0.0392. The highest BCUT2D eigenvalue weighted by Gasteiger charge is 2.42.